The molecule has 1 heterocycles. The molecule has 0 radical (unpaired) electrons. The molecule has 1 aromatic heterocycles. The van der Waals surface area contributed by atoms with Gasteiger partial charge in [-0.2, -0.15) is 13.2 Å². The first-order chi connectivity index (χ1) is 10.4. The van der Waals surface area contributed by atoms with Crippen LogP contribution in [0.3, 0.4) is 0 Å². The van der Waals surface area contributed by atoms with Gasteiger partial charge in [0.15, 0.2) is 0 Å². The molecule has 0 spiro atoms. The number of alkyl halides is 3. The van der Waals surface area contributed by atoms with E-state index in [2.05, 4.69) is 10.1 Å². The summed E-state index contributed by atoms with van der Waals surface area (Å²) in [6.07, 6.45) is -3.61. The number of nitrogens with zero attached hydrogens (tertiary/aromatic N) is 2. The lowest BCUT2D eigenvalue weighted by Gasteiger charge is -2.09. The van der Waals surface area contributed by atoms with Crippen LogP contribution in [0.5, 0.6) is 0 Å². The summed E-state index contributed by atoms with van der Waals surface area (Å²) >= 11 is 0. The fraction of sp³-hybridized carbons (Fsp3) is 0.250. The molecule has 0 bridgehead atoms. The number of hydrogen-bond acceptors (Lipinski definition) is 3. The number of oxime groups is 1. The normalized spacial score (nSPS) is 12.3. The van der Waals surface area contributed by atoms with E-state index in [4.69, 9.17) is 4.84 Å². The number of aryl methyl sites for hydroxylation is 1. The zero-order valence-corrected chi connectivity index (χ0v) is 12.2. The molecule has 0 aliphatic carbocycles. The van der Waals surface area contributed by atoms with E-state index in [0.717, 1.165) is 23.4 Å². The second kappa shape index (κ2) is 6.60. The van der Waals surface area contributed by atoms with Crippen molar-refractivity contribution in [2.45, 2.75) is 20.0 Å². The molecule has 0 atom stereocenters. The van der Waals surface area contributed by atoms with Crippen LogP contribution in [-0.4, -0.2) is 17.3 Å². The van der Waals surface area contributed by atoms with Crippen LogP contribution in [0.1, 0.15) is 29.3 Å². The van der Waals surface area contributed by atoms with Gasteiger partial charge in [-0.1, -0.05) is 35.0 Å². The Hall–Kier alpha value is -2.37. The SMILES string of the molecule is CCON=C(c1ccc(C)cc1)c1ccc(C(F)(F)F)cn1. The van der Waals surface area contributed by atoms with E-state index in [9.17, 15) is 13.2 Å². The number of halogens is 3. The molecule has 0 fully saturated rings. The Morgan fingerprint density at radius 3 is 2.32 bits per heavy atom. The first-order valence-electron chi connectivity index (χ1n) is 6.72. The van der Waals surface area contributed by atoms with E-state index in [1.54, 1.807) is 6.92 Å². The van der Waals surface area contributed by atoms with Crippen molar-refractivity contribution in [3.63, 3.8) is 0 Å². The summed E-state index contributed by atoms with van der Waals surface area (Å²) < 4.78 is 37.8. The largest absolute Gasteiger partial charge is 0.417 e. The predicted octanol–water partition coefficient (Wildman–Crippen LogP) is 4.20. The molecule has 0 aliphatic heterocycles. The Bertz CT molecular complexity index is 647. The monoisotopic (exact) mass is 308 g/mol. The summed E-state index contributed by atoms with van der Waals surface area (Å²) in [5.41, 5.74) is 1.72. The summed E-state index contributed by atoms with van der Waals surface area (Å²) in [6.45, 7) is 4.08. The Balaban J connectivity index is 2.40. The van der Waals surface area contributed by atoms with Crippen molar-refractivity contribution in [3.8, 4) is 0 Å². The van der Waals surface area contributed by atoms with E-state index < -0.39 is 11.7 Å². The van der Waals surface area contributed by atoms with E-state index in [0.29, 0.717) is 18.0 Å². The average molecular weight is 308 g/mol. The third-order valence-electron chi connectivity index (χ3n) is 2.94. The van der Waals surface area contributed by atoms with Gasteiger partial charge in [-0.05, 0) is 26.0 Å². The molecule has 2 rings (SSSR count). The minimum Gasteiger partial charge on any atom is -0.396 e. The van der Waals surface area contributed by atoms with Crippen molar-refractivity contribution >= 4 is 5.71 Å². The Kier molecular flexibility index (Phi) is 4.80. The lowest BCUT2D eigenvalue weighted by Crippen LogP contribution is -2.10. The van der Waals surface area contributed by atoms with Gasteiger partial charge < -0.3 is 4.84 Å². The molecule has 0 N–H and O–H groups in total. The topological polar surface area (TPSA) is 34.5 Å². The van der Waals surface area contributed by atoms with Gasteiger partial charge in [-0.25, -0.2) is 0 Å². The summed E-state index contributed by atoms with van der Waals surface area (Å²) in [5, 5.41) is 3.98. The molecule has 0 unspecified atom stereocenters. The summed E-state index contributed by atoms with van der Waals surface area (Å²) in [5.74, 6) is 0. The van der Waals surface area contributed by atoms with Crippen molar-refractivity contribution in [2.24, 2.45) is 5.16 Å². The van der Waals surface area contributed by atoms with Gasteiger partial charge in [-0.15, -0.1) is 0 Å². The minimum atomic E-state index is -4.41. The number of rotatable bonds is 4. The molecule has 116 valence electrons. The van der Waals surface area contributed by atoms with E-state index in [1.807, 2.05) is 31.2 Å². The third kappa shape index (κ3) is 3.84. The number of pyridine rings is 1. The van der Waals surface area contributed by atoms with E-state index in [1.165, 1.54) is 6.07 Å². The lowest BCUT2D eigenvalue weighted by atomic mass is 10.0. The molecule has 0 aliphatic rings. The zero-order valence-electron chi connectivity index (χ0n) is 12.2. The first kappa shape index (κ1) is 16.0. The smallest absolute Gasteiger partial charge is 0.396 e. The van der Waals surface area contributed by atoms with Crippen molar-refractivity contribution in [3.05, 3.63) is 65.0 Å². The maximum absolute atomic E-state index is 12.6. The Morgan fingerprint density at radius 1 is 1.14 bits per heavy atom. The second-order valence-electron chi connectivity index (χ2n) is 4.65. The van der Waals surface area contributed by atoms with Crippen LogP contribution in [0.25, 0.3) is 0 Å². The molecule has 22 heavy (non-hydrogen) atoms. The molecule has 1 aromatic carbocycles. The molecular formula is C16H15F3N2O. The third-order valence-corrected chi connectivity index (χ3v) is 2.94. The van der Waals surface area contributed by atoms with E-state index >= 15 is 0 Å². The summed E-state index contributed by atoms with van der Waals surface area (Å²) in [7, 11) is 0. The molecule has 6 heteroatoms. The standard InChI is InChI=1S/C16H15F3N2O/c1-3-22-21-15(12-6-4-11(2)5-7-12)14-9-8-13(10-20-14)16(17,18)19/h4-10H,3H2,1-2H3. The first-order valence-corrected chi connectivity index (χ1v) is 6.72. The van der Waals surface area contributed by atoms with Crippen LogP contribution in [0.2, 0.25) is 0 Å². The van der Waals surface area contributed by atoms with Gasteiger partial charge in [-0.3, -0.25) is 4.98 Å². The highest BCUT2D eigenvalue weighted by molar-refractivity contribution is 6.11. The summed E-state index contributed by atoms with van der Waals surface area (Å²) in [4.78, 5) is 8.92. The van der Waals surface area contributed by atoms with Gasteiger partial charge in [0, 0.05) is 11.8 Å². The van der Waals surface area contributed by atoms with Gasteiger partial charge in [0.2, 0.25) is 0 Å². The van der Waals surface area contributed by atoms with Gasteiger partial charge in [0.1, 0.15) is 12.3 Å². The molecule has 0 saturated heterocycles. The van der Waals surface area contributed by atoms with Crippen LogP contribution in [-0.2, 0) is 11.0 Å². The average Bonchev–Trinajstić information content (AvgIpc) is 2.49. The van der Waals surface area contributed by atoms with Crippen LogP contribution in [0.4, 0.5) is 13.2 Å². The predicted molar refractivity (Wildman–Crippen MR) is 77.7 cm³/mol. The molecule has 0 amide bonds. The Morgan fingerprint density at radius 2 is 1.82 bits per heavy atom. The van der Waals surface area contributed by atoms with Gasteiger partial charge >= 0.3 is 6.18 Å². The van der Waals surface area contributed by atoms with Crippen molar-refractivity contribution in [1.29, 1.82) is 0 Å². The zero-order chi connectivity index (χ0) is 16.2. The van der Waals surface area contributed by atoms with Gasteiger partial charge in [0.25, 0.3) is 0 Å². The van der Waals surface area contributed by atoms with Crippen molar-refractivity contribution < 1.29 is 18.0 Å². The van der Waals surface area contributed by atoms with Crippen LogP contribution >= 0.6 is 0 Å². The molecular weight excluding hydrogens is 293 g/mol. The fourth-order valence-corrected chi connectivity index (χ4v) is 1.79. The summed E-state index contributed by atoms with van der Waals surface area (Å²) in [6, 6.07) is 9.71. The number of hydrogen-bond donors (Lipinski definition) is 0. The minimum absolute atomic E-state index is 0.324. The number of benzene rings is 1. The van der Waals surface area contributed by atoms with Crippen LogP contribution in [0.15, 0.2) is 47.8 Å². The number of aromatic nitrogens is 1. The molecule has 3 nitrogen and oxygen atoms in total. The Labute approximate surface area is 126 Å². The van der Waals surface area contributed by atoms with Crippen molar-refractivity contribution in [2.75, 3.05) is 6.61 Å². The van der Waals surface area contributed by atoms with Crippen LogP contribution < -0.4 is 0 Å². The van der Waals surface area contributed by atoms with E-state index in [-0.39, 0.29) is 0 Å². The quantitative estimate of drug-likeness (QED) is 0.627. The fourth-order valence-electron chi connectivity index (χ4n) is 1.79. The highest BCUT2D eigenvalue weighted by atomic mass is 19.4. The second-order valence-corrected chi connectivity index (χ2v) is 4.65. The van der Waals surface area contributed by atoms with Crippen molar-refractivity contribution in [1.82, 2.24) is 4.98 Å². The highest BCUT2D eigenvalue weighted by Crippen LogP contribution is 2.28. The molecule has 2 aromatic rings. The van der Waals surface area contributed by atoms with Crippen LogP contribution in [0, 0.1) is 6.92 Å². The maximum atomic E-state index is 12.6. The lowest BCUT2D eigenvalue weighted by molar-refractivity contribution is -0.137. The maximum Gasteiger partial charge on any atom is 0.417 e. The molecule has 0 saturated carbocycles. The highest BCUT2D eigenvalue weighted by Gasteiger charge is 2.30. The van der Waals surface area contributed by atoms with Gasteiger partial charge in [0.05, 0.1) is 11.3 Å².